The third-order valence-electron chi connectivity index (χ3n) is 7.76. The van der Waals surface area contributed by atoms with Crippen molar-refractivity contribution in [2.75, 3.05) is 20.6 Å². The number of allylic oxidation sites excluding steroid dienone is 3. The normalized spacial score (nSPS) is 25.3. The summed E-state index contributed by atoms with van der Waals surface area (Å²) >= 11 is 0. The molecule has 1 fully saturated rings. The molecule has 0 amide bonds. The zero-order valence-corrected chi connectivity index (χ0v) is 23.2. The van der Waals surface area contributed by atoms with Crippen molar-refractivity contribution in [2.45, 2.75) is 57.5 Å². The second-order valence-corrected chi connectivity index (χ2v) is 11.1. The van der Waals surface area contributed by atoms with Crippen LogP contribution in [0.4, 0.5) is 0 Å². The van der Waals surface area contributed by atoms with Gasteiger partial charge >= 0.3 is 0 Å². The van der Waals surface area contributed by atoms with Crippen molar-refractivity contribution in [3.63, 3.8) is 0 Å². The highest BCUT2D eigenvalue weighted by molar-refractivity contribution is 6.04. The van der Waals surface area contributed by atoms with Crippen LogP contribution in [0.2, 0.25) is 0 Å². The van der Waals surface area contributed by atoms with Gasteiger partial charge in [-0.1, -0.05) is 42.5 Å². The molecule has 39 heavy (non-hydrogen) atoms. The van der Waals surface area contributed by atoms with Crippen molar-refractivity contribution >= 4 is 17.6 Å². The van der Waals surface area contributed by atoms with Gasteiger partial charge in [0, 0.05) is 32.3 Å². The molecule has 3 aliphatic rings. The highest BCUT2D eigenvalue weighted by atomic mass is 16.5. The first-order chi connectivity index (χ1) is 18.9. The Kier molecular flexibility index (Phi) is 8.27. The van der Waals surface area contributed by atoms with Crippen LogP contribution in [0.3, 0.4) is 0 Å². The lowest BCUT2D eigenvalue weighted by molar-refractivity contribution is -0.117. The van der Waals surface area contributed by atoms with E-state index in [2.05, 4.69) is 54.8 Å². The smallest absolute Gasteiger partial charge is 0.224 e. The van der Waals surface area contributed by atoms with Crippen LogP contribution in [-0.2, 0) is 11.2 Å². The van der Waals surface area contributed by atoms with Crippen LogP contribution in [0.5, 0.6) is 11.5 Å². The topological polar surface area (TPSA) is 78.3 Å². The van der Waals surface area contributed by atoms with E-state index in [0.29, 0.717) is 25.0 Å². The second-order valence-electron chi connectivity index (χ2n) is 11.1. The average molecular weight is 526 g/mol. The fourth-order valence-electron chi connectivity index (χ4n) is 5.65. The summed E-state index contributed by atoms with van der Waals surface area (Å²) in [4.78, 5) is 24.7. The number of fused-ring (bicyclic) bond motifs is 1. The number of carbonyl (C=O) groups excluding carboxylic acids is 1. The van der Waals surface area contributed by atoms with Crippen LogP contribution >= 0.6 is 0 Å². The van der Waals surface area contributed by atoms with Gasteiger partial charge in [-0.15, -0.1) is 0 Å². The fourth-order valence-corrected chi connectivity index (χ4v) is 5.65. The largest absolute Gasteiger partial charge is 0.457 e. The van der Waals surface area contributed by atoms with Crippen LogP contribution in [-0.4, -0.2) is 55.2 Å². The maximum atomic E-state index is 12.7. The van der Waals surface area contributed by atoms with Crippen molar-refractivity contribution in [2.24, 2.45) is 15.4 Å². The van der Waals surface area contributed by atoms with Crippen LogP contribution in [0.15, 0.2) is 88.5 Å². The molecule has 0 aromatic heterocycles. The molecule has 0 radical (unpaired) electrons. The van der Waals surface area contributed by atoms with E-state index < -0.39 is 0 Å². The van der Waals surface area contributed by atoms with Gasteiger partial charge in [0.15, 0.2) is 5.78 Å². The van der Waals surface area contributed by atoms with Crippen LogP contribution in [0.1, 0.15) is 44.6 Å². The molecule has 2 N–H and O–H groups in total. The SMILES string of the molecule is CN(C)C1=NC(=NC2CCC(NCC(=O)Cc3cccc(Oc4ccccc4)c3)CC2)NC2=CC=CCC21C. The predicted octanol–water partition coefficient (Wildman–Crippen LogP) is 5.26. The number of Topliss-reactive ketones (excluding diaryl/α,β-unsaturated/α-hetero) is 1. The van der Waals surface area contributed by atoms with E-state index in [-0.39, 0.29) is 17.2 Å². The van der Waals surface area contributed by atoms with Crippen molar-refractivity contribution in [3.05, 3.63) is 84.1 Å². The monoisotopic (exact) mass is 525 g/mol. The number of hydrogen-bond donors (Lipinski definition) is 2. The third-order valence-corrected chi connectivity index (χ3v) is 7.76. The summed E-state index contributed by atoms with van der Waals surface area (Å²) in [6.45, 7) is 2.62. The molecule has 0 spiro atoms. The van der Waals surface area contributed by atoms with Crippen LogP contribution in [0.25, 0.3) is 0 Å². The lowest BCUT2D eigenvalue weighted by Crippen LogP contribution is -2.50. The van der Waals surface area contributed by atoms with Gasteiger partial charge in [-0.3, -0.25) is 4.79 Å². The quantitative estimate of drug-likeness (QED) is 0.492. The number of nitrogens with zero attached hydrogens (tertiary/aromatic N) is 3. The van der Waals surface area contributed by atoms with Crippen molar-refractivity contribution in [3.8, 4) is 11.5 Å². The van der Waals surface area contributed by atoms with E-state index in [0.717, 1.165) is 60.7 Å². The molecule has 2 aliphatic carbocycles. The summed E-state index contributed by atoms with van der Waals surface area (Å²) in [7, 11) is 4.10. The number of benzene rings is 2. The molecular weight excluding hydrogens is 486 g/mol. The minimum absolute atomic E-state index is 0.137. The van der Waals surface area contributed by atoms with Gasteiger partial charge in [0.05, 0.1) is 18.0 Å². The molecule has 0 saturated heterocycles. The molecule has 1 heterocycles. The Labute approximate surface area is 231 Å². The molecule has 0 bridgehead atoms. The van der Waals surface area contributed by atoms with Crippen molar-refractivity contribution < 1.29 is 9.53 Å². The molecule has 1 saturated carbocycles. The average Bonchev–Trinajstić information content (AvgIpc) is 2.93. The summed E-state index contributed by atoms with van der Waals surface area (Å²) in [6, 6.07) is 18.0. The number of nitrogens with one attached hydrogen (secondary N) is 2. The Morgan fingerprint density at radius 2 is 1.87 bits per heavy atom. The first-order valence-corrected chi connectivity index (χ1v) is 13.9. The number of hydrogen-bond acceptors (Lipinski definition) is 5. The first kappa shape index (κ1) is 26.9. The molecule has 2 aromatic rings. The Morgan fingerprint density at radius 1 is 1.10 bits per heavy atom. The Morgan fingerprint density at radius 3 is 2.64 bits per heavy atom. The standard InChI is InChI=1S/C32H39N5O2/c1-32-19-8-7-14-29(32)35-31(36-30(32)37(2)3)34-25-17-15-24(16-18-25)33-22-26(38)20-23-10-9-13-28(21-23)39-27-11-5-4-6-12-27/h4-14,21,24-25,33H,15-20,22H2,1-3H3,(H,34,35). The molecule has 1 atom stereocenters. The first-order valence-electron chi connectivity index (χ1n) is 13.9. The third kappa shape index (κ3) is 6.66. The molecule has 7 heteroatoms. The number of para-hydroxylation sites is 1. The lowest BCUT2D eigenvalue weighted by atomic mass is 9.77. The van der Waals surface area contributed by atoms with Gasteiger partial charge in [0.1, 0.15) is 17.3 Å². The summed E-state index contributed by atoms with van der Waals surface area (Å²) in [5.74, 6) is 3.47. The molecule has 5 rings (SSSR count). The molecule has 1 aliphatic heterocycles. The predicted molar refractivity (Wildman–Crippen MR) is 157 cm³/mol. The maximum absolute atomic E-state index is 12.7. The Hall–Kier alpha value is -3.71. The van der Waals surface area contributed by atoms with Gasteiger partial charge in [-0.2, -0.15) is 4.99 Å². The number of amidine groups is 1. The van der Waals surface area contributed by atoms with E-state index in [9.17, 15) is 4.79 Å². The molecular formula is C32H39N5O2. The number of aliphatic imine (C=N–C) groups is 2. The maximum Gasteiger partial charge on any atom is 0.224 e. The zero-order chi connectivity index (χ0) is 27.2. The molecule has 1 unspecified atom stereocenters. The number of carbonyl (C=O) groups is 1. The number of rotatable bonds is 8. The minimum Gasteiger partial charge on any atom is -0.457 e. The molecule has 7 nitrogen and oxygen atoms in total. The van der Waals surface area contributed by atoms with Crippen LogP contribution in [0, 0.1) is 5.41 Å². The van der Waals surface area contributed by atoms with Gasteiger partial charge in [-0.05, 0) is 74.9 Å². The molecule has 2 aromatic carbocycles. The van der Waals surface area contributed by atoms with E-state index in [1.54, 1.807) is 0 Å². The summed E-state index contributed by atoms with van der Waals surface area (Å²) in [5, 5.41) is 6.98. The highest BCUT2D eigenvalue weighted by Gasteiger charge is 2.40. The van der Waals surface area contributed by atoms with Gasteiger partial charge < -0.3 is 20.3 Å². The highest BCUT2D eigenvalue weighted by Crippen LogP contribution is 2.37. The van der Waals surface area contributed by atoms with E-state index in [1.165, 1.54) is 0 Å². The molecule has 204 valence electrons. The number of ether oxygens (including phenoxy) is 1. The zero-order valence-electron chi connectivity index (χ0n) is 23.2. The van der Waals surface area contributed by atoms with E-state index in [4.69, 9.17) is 14.7 Å². The Balaban J connectivity index is 1.10. The number of ketones is 1. The van der Waals surface area contributed by atoms with Gasteiger partial charge in [0.25, 0.3) is 0 Å². The van der Waals surface area contributed by atoms with Gasteiger partial charge in [0.2, 0.25) is 5.96 Å². The lowest BCUT2D eigenvalue weighted by Gasteiger charge is -2.41. The fraction of sp³-hybridized carbons (Fsp3) is 0.406. The van der Waals surface area contributed by atoms with Crippen molar-refractivity contribution in [1.29, 1.82) is 0 Å². The van der Waals surface area contributed by atoms with Crippen molar-refractivity contribution in [1.82, 2.24) is 15.5 Å². The van der Waals surface area contributed by atoms with Gasteiger partial charge in [-0.25, -0.2) is 4.99 Å². The number of guanidine groups is 1. The minimum atomic E-state index is -0.137. The van der Waals surface area contributed by atoms with E-state index in [1.807, 2.05) is 54.6 Å². The van der Waals surface area contributed by atoms with Crippen LogP contribution < -0.4 is 15.4 Å². The van der Waals surface area contributed by atoms with E-state index >= 15 is 0 Å². The summed E-state index contributed by atoms with van der Waals surface area (Å²) in [6.07, 6.45) is 11.7. The summed E-state index contributed by atoms with van der Waals surface area (Å²) in [5.41, 5.74) is 1.99. The second kappa shape index (κ2) is 12.0. The summed E-state index contributed by atoms with van der Waals surface area (Å²) < 4.78 is 5.91. The Bertz CT molecular complexity index is 1290.